The van der Waals surface area contributed by atoms with Gasteiger partial charge in [-0.05, 0) is 50.6 Å². The molecule has 138 valence electrons. The molecule has 2 aromatic carbocycles. The first kappa shape index (κ1) is 18.3. The molecule has 0 aliphatic carbocycles. The molecule has 4 heteroatoms. The number of rotatable bonds is 5. The number of hydrogen-bond acceptors (Lipinski definition) is 3. The molecule has 2 aromatic rings. The van der Waals surface area contributed by atoms with E-state index in [1.54, 1.807) is 0 Å². The summed E-state index contributed by atoms with van der Waals surface area (Å²) in [5.41, 5.74) is 2.26. The van der Waals surface area contributed by atoms with Crippen molar-refractivity contribution in [2.24, 2.45) is 0 Å². The molecule has 1 saturated heterocycles. The Kier molecular flexibility index (Phi) is 5.82. The fraction of sp³-hybridized carbons (Fsp3) is 0.409. The third-order valence-corrected chi connectivity index (χ3v) is 4.92. The maximum absolute atomic E-state index is 12.8. The van der Waals surface area contributed by atoms with E-state index in [-0.39, 0.29) is 5.91 Å². The van der Waals surface area contributed by atoms with Crippen LogP contribution in [0.3, 0.4) is 0 Å². The third kappa shape index (κ3) is 4.18. The largest absolute Gasteiger partial charge is 0.494 e. The van der Waals surface area contributed by atoms with E-state index in [9.17, 15) is 4.79 Å². The summed E-state index contributed by atoms with van der Waals surface area (Å²) < 4.78 is 5.46. The molecule has 0 N–H and O–H groups in total. The third-order valence-electron chi connectivity index (χ3n) is 4.92. The van der Waals surface area contributed by atoms with E-state index >= 15 is 0 Å². The Balaban J connectivity index is 1.63. The van der Waals surface area contributed by atoms with E-state index in [0.29, 0.717) is 25.1 Å². The van der Waals surface area contributed by atoms with Gasteiger partial charge >= 0.3 is 0 Å². The van der Waals surface area contributed by atoms with Crippen molar-refractivity contribution in [1.82, 2.24) is 4.90 Å². The van der Waals surface area contributed by atoms with Crippen molar-refractivity contribution in [3.63, 3.8) is 0 Å². The van der Waals surface area contributed by atoms with Gasteiger partial charge in [0.25, 0.3) is 0 Å². The summed E-state index contributed by atoms with van der Waals surface area (Å²) in [5, 5.41) is 0. The minimum Gasteiger partial charge on any atom is -0.494 e. The van der Waals surface area contributed by atoms with E-state index < -0.39 is 0 Å². The van der Waals surface area contributed by atoms with Gasteiger partial charge in [0.2, 0.25) is 5.91 Å². The van der Waals surface area contributed by atoms with E-state index in [1.165, 1.54) is 5.69 Å². The van der Waals surface area contributed by atoms with Crippen LogP contribution in [0.15, 0.2) is 54.6 Å². The Morgan fingerprint density at radius 2 is 1.62 bits per heavy atom. The van der Waals surface area contributed by atoms with Crippen LogP contribution in [0, 0.1) is 0 Å². The summed E-state index contributed by atoms with van der Waals surface area (Å²) in [5.74, 6) is 1.04. The topological polar surface area (TPSA) is 32.8 Å². The van der Waals surface area contributed by atoms with Crippen molar-refractivity contribution in [2.75, 3.05) is 24.6 Å². The van der Waals surface area contributed by atoms with Crippen molar-refractivity contribution in [3.05, 3.63) is 60.2 Å². The van der Waals surface area contributed by atoms with Crippen LogP contribution < -0.4 is 9.64 Å². The molecule has 2 atom stereocenters. The second-order valence-corrected chi connectivity index (χ2v) is 6.99. The number of carbonyl (C=O) groups is 1. The summed E-state index contributed by atoms with van der Waals surface area (Å²) in [6, 6.07) is 18.9. The van der Waals surface area contributed by atoms with Gasteiger partial charge in [0.15, 0.2) is 0 Å². The number of nitrogens with zero attached hydrogens (tertiary/aromatic N) is 2. The first-order valence-corrected chi connectivity index (χ1v) is 9.41. The van der Waals surface area contributed by atoms with Gasteiger partial charge in [-0.2, -0.15) is 0 Å². The van der Waals surface area contributed by atoms with Gasteiger partial charge in [0, 0.05) is 30.9 Å². The van der Waals surface area contributed by atoms with Crippen LogP contribution in [-0.4, -0.2) is 42.6 Å². The fourth-order valence-electron chi connectivity index (χ4n) is 3.79. The smallest absolute Gasteiger partial charge is 0.227 e. The molecule has 0 bridgehead atoms. The van der Waals surface area contributed by atoms with Crippen LogP contribution in [0.4, 0.5) is 5.69 Å². The standard InChI is InChI=1S/C22H28N2O2/c1-4-26-21-12-10-19(11-13-21)14-22(25)23-15-17(2)24(18(3)16-23)20-8-6-5-7-9-20/h5-13,17-18H,4,14-16H2,1-3H3. The minimum atomic E-state index is 0.195. The quantitative estimate of drug-likeness (QED) is 0.821. The number of anilines is 1. The average molecular weight is 352 g/mol. The molecular weight excluding hydrogens is 324 g/mol. The number of carbonyl (C=O) groups excluding carboxylic acids is 1. The molecule has 1 aliphatic rings. The number of ether oxygens (including phenoxy) is 1. The maximum Gasteiger partial charge on any atom is 0.227 e. The summed E-state index contributed by atoms with van der Waals surface area (Å²) in [6.45, 7) is 8.53. The maximum atomic E-state index is 12.8. The molecule has 1 aliphatic heterocycles. The van der Waals surface area contributed by atoms with Crippen LogP contribution in [0.1, 0.15) is 26.3 Å². The van der Waals surface area contributed by atoms with Gasteiger partial charge in [-0.15, -0.1) is 0 Å². The number of piperazine rings is 1. The Hall–Kier alpha value is -2.49. The second-order valence-electron chi connectivity index (χ2n) is 6.99. The molecule has 2 unspecified atom stereocenters. The van der Waals surface area contributed by atoms with Crippen molar-refractivity contribution in [3.8, 4) is 5.75 Å². The molecule has 0 spiro atoms. The van der Waals surface area contributed by atoms with Gasteiger partial charge < -0.3 is 14.5 Å². The Labute approximate surface area is 156 Å². The van der Waals surface area contributed by atoms with Gasteiger partial charge in [-0.1, -0.05) is 30.3 Å². The summed E-state index contributed by atoms with van der Waals surface area (Å²) in [4.78, 5) is 17.2. The first-order valence-electron chi connectivity index (χ1n) is 9.41. The SMILES string of the molecule is CCOc1ccc(CC(=O)N2CC(C)N(c3ccccc3)C(C)C2)cc1. The zero-order valence-electron chi connectivity index (χ0n) is 15.9. The number of hydrogen-bond donors (Lipinski definition) is 0. The van der Waals surface area contributed by atoms with Crippen molar-refractivity contribution in [1.29, 1.82) is 0 Å². The van der Waals surface area contributed by atoms with Crippen LogP contribution in [0.25, 0.3) is 0 Å². The van der Waals surface area contributed by atoms with Gasteiger partial charge in [-0.3, -0.25) is 4.79 Å². The number of benzene rings is 2. The highest BCUT2D eigenvalue weighted by molar-refractivity contribution is 5.79. The summed E-state index contributed by atoms with van der Waals surface area (Å²) in [6.07, 6.45) is 0.442. The molecule has 1 amide bonds. The van der Waals surface area contributed by atoms with Gasteiger partial charge in [0.1, 0.15) is 5.75 Å². The summed E-state index contributed by atoms with van der Waals surface area (Å²) in [7, 11) is 0. The Morgan fingerprint density at radius 3 is 2.19 bits per heavy atom. The predicted molar refractivity (Wildman–Crippen MR) is 106 cm³/mol. The van der Waals surface area contributed by atoms with Crippen molar-refractivity contribution in [2.45, 2.75) is 39.3 Å². The average Bonchev–Trinajstić information content (AvgIpc) is 2.64. The molecular formula is C22H28N2O2. The second kappa shape index (κ2) is 8.26. The summed E-state index contributed by atoms with van der Waals surface area (Å²) >= 11 is 0. The lowest BCUT2D eigenvalue weighted by atomic mass is 10.0. The highest BCUT2D eigenvalue weighted by atomic mass is 16.5. The number of amides is 1. The molecule has 4 nitrogen and oxygen atoms in total. The molecule has 1 fully saturated rings. The zero-order valence-corrected chi connectivity index (χ0v) is 15.9. The molecule has 0 radical (unpaired) electrons. The lowest BCUT2D eigenvalue weighted by Crippen LogP contribution is -2.58. The van der Waals surface area contributed by atoms with Crippen molar-refractivity contribution < 1.29 is 9.53 Å². The minimum absolute atomic E-state index is 0.195. The van der Waals surface area contributed by atoms with E-state index in [2.05, 4.69) is 43.0 Å². The van der Waals surface area contributed by atoms with Crippen LogP contribution in [0.2, 0.25) is 0 Å². The normalized spacial score (nSPS) is 20.1. The molecule has 0 saturated carbocycles. The zero-order chi connectivity index (χ0) is 18.5. The molecule has 1 heterocycles. The monoisotopic (exact) mass is 352 g/mol. The van der Waals surface area contributed by atoms with Crippen LogP contribution in [0.5, 0.6) is 5.75 Å². The van der Waals surface area contributed by atoms with Gasteiger partial charge in [-0.25, -0.2) is 0 Å². The van der Waals surface area contributed by atoms with Crippen LogP contribution in [-0.2, 0) is 11.2 Å². The highest BCUT2D eigenvalue weighted by Gasteiger charge is 2.31. The number of para-hydroxylation sites is 1. The predicted octanol–water partition coefficient (Wildman–Crippen LogP) is 3.75. The lowest BCUT2D eigenvalue weighted by Gasteiger charge is -2.46. The van der Waals surface area contributed by atoms with E-state index in [0.717, 1.165) is 24.4 Å². The molecule has 3 rings (SSSR count). The van der Waals surface area contributed by atoms with Crippen LogP contribution >= 0.6 is 0 Å². The van der Waals surface area contributed by atoms with Gasteiger partial charge in [0.05, 0.1) is 13.0 Å². The Bertz CT molecular complexity index is 703. The van der Waals surface area contributed by atoms with E-state index in [1.807, 2.05) is 42.2 Å². The fourth-order valence-corrected chi connectivity index (χ4v) is 3.79. The Morgan fingerprint density at radius 1 is 1.00 bits per heavy atom. The van der Waals surface area contributed by atoms with E-state index in [4.69, 9.17) is 4.74 Å². The highest BCUT2D eigenvalue weighted by Crippen LogP contribution is 2.25. The molecule has 0 aromatic heterocycles. The lowest BCUT2D eigenvalue weighted by molar-refractivity contribution is -0.131. The van der Waals surface area contributed by atoms with Crippen molar-refractivity contribution >= 4 is 11.6 Å². The molecule has 26 heavy (non-hydrogen) atoms. The first-order chi connectivity index (χ1) is 12.6.